The van der Waals surface area contributed by atoms with E-state index in [0.717, 1.165) is 28.1 Å². The number of fused-ring (bicyclic) bond motifs is 1. The first-order valence-corrected chi connectivity index (χ1v) is 9.58. The minimum Gasteiger partial charge on any atom is -0.486 e. The third kappa shape index (κ3) is 4.95. The molecule has 0 unspecified atom stereocenters. The monoisotopic (exact) mass is 367 g/mol. The molecule has 3 aromatic rings. The van der Waals surface area contributed by atoms with E-state index in [0.29, 0.717) is 18.1 Å². The molecule has 0 aliphatic heterocycles. The Kier molecular flexibility index (Phi) is 6.44. The predicted octanol–water partition coefficient (Wildman–Crippen LogP) is 3.83. The number of nitrogens with zero attached hydrogens (tertiary/aromatic N) is 2. The Labute approximate surface area is 157 Å². The number of ether oxygens (including phenoxy) is 1. The standard InChI is InChI=1S/C20H21N3O2S/c1-2-12-21-19(24)14-26-20-16-10-6-7-11-17(16)22-18(23-20)13-25-15-8-4-3-5-9-15/h3-11H,2,12-14H2,1H3,(H,21,24). The molecule has 0 spiro atoms. The van der Waals surface area contributed by atoms with Crippen LogP contribution < -0.4 is 10.1 Å². The summed E-state index contributed by atoms with van der Waals surface area (Å²) in [7, 11) is 0. The number of nitrogens with one attached hydrogen (secondary N) is 1. The molecule has 0 saturated carbocycles. The average Bonchev–Trinajstić information content (AvgIpc) is 2.69. The zero-order valence-corrected chi connectivity index (χ0v) is 15.5. The highest BCUT2D eigenvalue weighted by Crippen LogP contribution is 2.25. The van der Waals surface area contributed by atoms with Gasteiger partial charge >= 0.3 is 0 Å². The van der Waals surface area contributed by atoms with Crippen molar-refractivity contribution in [2.45, 2.75) is 25.0 Å². The summed E-state index contributed by atoms with van der Waals surface area (Å²) < 4.78 is 5.76. The first-order chi connectivity index (χ1) is 12.8. The quantitative estimate of drug-likeness (QED) is 0.484. The van der Waals surface area contributed by atoms with Crippen LogP contribution in [-0.4, -0.2) is 28.2 Å². The second kappa shape index (κ2) is 9.20. The summed E-state index contributed by atoms with van der Waals surface area (Å²) in [6, 6.07) is 17.4. The third-order valence-electron chi connectivity index (χ3n) is 3.64. The third-order valence-corrected chi connectivity index (χ3v) is 4.63. The van der Waals surface area contributed by atoms with Crippen molar-refractivity contribution >= 4 is 28.6 Å². The summed E-state index contributed by atoms with van der Waals surface area (Å²) in [4.78, 5) is 21.1. The Morgan fingerprint density at radius 1 is 1.08 bits per heavy atom. The lowest BCUT2D eigenvalue weighted by molar-refractivity contribution is -0.118. The van der Waals surface area contributed by atoms with Crippen LogP contribution in [0.1, 0.15) is 19.2 Å². The topological polar surface area (TPSA) is 64.1 Å². The van der Waals surface area contributed by atoms with Crippen LogP contribution in [0.15, 0.2) is 59.6 Å². The lowest BCUT2D eigenvalue weighted by atomic mass is 10.2. The van der Waals surface area contributed by atoms with Crippen molar-refractivity contribution in [1.82, 2.24) is 15.3 Å². The van der Waals surface area contributed by atoms with Gasteiger partial charge in [-0.3, -0.25) is 4.79 Å². The lowest BCUT2D eigenvalue weighted by Crippen LogP contribution is -2.25. The van der Waals surface area contributed by atoms with Crippen molar-refractivity contribution in [1.29, 1.82) is 0 Å². The van der Waals surface area contributed by atoms with E-state index < -0.39 is 0 Å². The Bertz CT molecular complexity index is 871. The molecule has 0 bridgehead atoms. The van der Waals surface area contributed by atoms with Gasteiger partial charge in [-0.1, -0.05) is 55.1 Å². The average molecular weight is 367 g/mol. The fourth-order valence-electron chi connectivity index (χ4n) is 2.38. The number of para-hydroxylation sites is 2. The van der Waals surface area contributed by atoms with Crippen LogP contribution in [0.2, 0.25) is 0 Å². The van der Waals surface area contributed by atoms with Crippen molar-refractivity contribution in [3.05, 3.63) is 60.4 Å². The Morgan fingerprint density at radius 2 is 1.85 bits per heavy atom. The molecular weight excluding hydrogens is 346 g/mol. The first kappa shape index (κ1) is 18.2. The van der Waals surface area contributed by atoms with E-state index in [1.165, 1.54) is 11.8 Å². The molecule has 0 fully saturated rings. The van der Waals surface area contributed by atoms with Gasteiger partial charge in [0.25, 0.3) is 0 Å². The molecule has 0 aliphatic rings. The van der Waals surface area contributed by atoms with Crippen LogP contribution in [0.4, 0.5) is 0 Å². The van der Waals surface area contributed by atoms with Gasteiger partial charge in [-0.15, -0.1) is 0 Å². The largest absolute Gasteiger partial charge is 0.486 e. The molecule has 6 heteroatoms. The highest BCUT2D eigenvalue weighted by Gasteiger charge is 2.11. The molecule has 1 heterocycles. The second-order valence-corrected chi connectivity index (χ2v) is 6.67. The van der Waals surface area contributed by atoms with Crippen LogP contribution in [0.25, 0.3) is 10.9 Å². The van der Waals surface area contributed by atoms with Gasteiger partial charge in [0.1, 0.15) is 17.4 Å². The lowest BCUT2D eigenvalue weighted by Gasteiger charge is -2.10. The van der Waals surface area contributed by atoms with Gasteiger partial charge in [0.2, 0.25) is 5.91 Å². The number of carbonyl (C=O) groups excluding carboxylic acids is 1. The molecule has 5 nitrogen and oxygen atoms in total. The van der Waals surface area contributed by atoms with Crippen molar-refractivity contribution in [2.75, 3.05) is 12.3 Å². The maximum absolute atomic E-state index is 11.9. The van der Waals surface area contributed by atoms with Crippen molar-refractivity contribution in [2.24, 2.45) is 0 Å². The molecule has 1 N–H and O–H groups in total. The first-order valence-electron chi connectivity index (χ1n) is 8.59. The zero-order valence-electron chi connectivity index (χ0n) is 14.6. The number of carbonyl (C=O) groups is 1. The number of hydrogen-bond acceptors (Lipinski definition) is 5. The summed E-state index contributed by atoms with van der Waals surface area (Å²) in [6.07, 6.45) is 0.924. The zero-order chi connectivity index (χ0) is 18.2. The molecule has 0 aliphatic carbocycles. The highest BCUT2D eigenvalue weighted by atomic mass is 32.2. The van der Waals surface area contributed by atoms with Crippen LogP contribution in [-0.2, 0) is 11.4 Å². The number of thioether (sulfide) groups is 1. The molecule has 134 valence electrons. The van der Waals surface area contributed by atoms with Crippen LogP contribution in [0.5, 0.6) is 5.75 Å². The number of rotatable bonds is 8. The van der Waals surface area contributed by atoms with Gasteiger partial charge in [-0.25, -0.2) is 9.97 Å². The van der Waals surface area contributed by atoms with Crippen LogP contribution >= 0.6 is 11.8 Å². The van der Waals surface area contributed by atoms with E-state index in [1.54, 1.807) is 0 Å². The predicted molar refractivity (Wildman–Crippen MR) is 104 cm³/mol. The van der Waals surface area contributed by atoms with Gasteiger partial charge in [0, 0.05) is 11.9 Å². The van der Waals surface area contributed by atoms with Gasteiger partial charge in [-0.05, 0) is 24.6 Å². The van der Waals surface area contributed by atoms with Gasteiger partial charge in [0.05, 0.1) is 11.3 Å². The van der Waals surface area contributed by atoms with E-state index in [1.807, 2.05) is 61.5 Å². The van der Waals surface area contributed by atoms with Gasteiger partial charge < -0.3 is 10.1 Å². The van der Waals surface area contributed by atoms with E-state index in [4.69, 9.17) is 4.74 Å². The van der Waals surface area contributed by atoms with E-state index >= 15 is 0 Å². The smallest absolute Gasteiger partial charge is 0.230 e. The molecule has 26 heavy (non-hydrogen) atoms. The molecular formula is C20H21N3O2S. The molecule has 1 amide bonds. The van der Waals surface area contributed by atoms with E-state index in [2.05, 4.69) is 15.3 Å². The second-order valence-electron chi connectivity index (χ2n) is 5.70. The number of hydrogen-bond donors (Lipinski definition) is 1. The SMILES string of the molecule is CCCNC(=O)CSc1nc(COc2ccccc2)nc2ccccc12. The summed E-state index contributed by atoms with van der Waals surface area (Å²) >= 11 is 1.43. The van der Waals surface area contributed by atoms with E-state index in [-0.39, 0.29) is 12.5 Å². The van der Waals surface area contributed by atoms with Crippen molar-refractivity contribution in [3.8, 4) is 5.75 Å². The van der Waals surface area contributed by atoms with Crippen molar-refractivity contribution < 1.29 is 9.53 Å². The summed E-state index contributed by atoms with van der Waals surface area (Å²) in [5.74, 6) is 1.73. The molecule has 0 radical (unpaired) electrons. The Balaban J connectivity index is 1.76. The Morgan fingerprint density at radius 3 is 2.65 bits per heavy atom. The molecule has 0 atom stereocenters. The van der Waals surface area contributed by atoms with Gasteiger partial charge in [-0.2, -0.15) is 0 Å². The summed E-state index contributed by atoms with van der Waals surface area (Å²) in [6.45, 7) is 3.01. The Hall–Kier alpha value is -2.60. The molecule has 2 aromatic carbocycles. The molecule has 0 saturated heterocycles. The number of aromatic nitrogens is 2. The molecule has 3 rings (SSSR count). The van der Waals surface area contributed by atoms with Crippen LogP contribution in [0.3, 0.4) is 0 Å². The summed E-state index contributed by atoms with van der Waals surface area (Å²) in [5, 5.41) is 4.63. The maximum atomic E-state index is 11.9. The van der Waals surface area contributed by atoms with Gasteiger partial charge in [0.15, 0.2) is 5.82 Å². The normalized spacial score (nSPS) is 10.7. The van der Waals surface area contributed by atoms with E-state index in [9.17, 15) is 4.79 Å². The number of amides is 1. The fraction of sp³-hybridized carbons (Fsp3) is 0.250. The number of benzene rings is 2. The molecule has 1 aromatic heterocycles. The minimum atomic E-state index is 0.0154. The maximum Gasteiger partial charge on any atom is 0.230 e. The minimum absolute atomic E-state index is 0.0154. The van der Waals surface area contributed by atoms with Crippen molar-refractivity contribution in [3.63, 3.8) is 0 Å². The fourth-order valence-corrected chi connectivity index (χ4v) is 3.25. The summed E-state index contributed by atoms with van der Waals surface area (Å²) in [5.41, 5.74) is 0.852. The highest BCUT2D eigenvalue weighted by molar-refractivity contribution is 8.00. The van der Waals surface area contributed by atoms with Crippen LogP contribution in [0, 0.1) is 0 Å².